The number of aliphatic hydroxyl groups excluding tert-OH is 2. The first-order valence-corrected chi connectivity index (χ1v) is 6.70. The largest absolute Gasteiger partial charge is 0.466 e. The predicted molar refractivity (Wildman–Crippen MR) is 71.2 cm³/mol. The van der Waals surface area contributed by atoms with Crippen molar-refractivity contribution in [1.29, 1.82) is 0 Å². The average Bonchev–Trinajstić information content (AvgIpc) is 2.30. The Bertz CT molecular complexity index is 236. The van der Waals surface area contributed by atoms with Crippen LogP contribution in [0.4, 0.5) is 0 Å². The lowest BCUT2D eigenvalue weighted by molar-refractivity contribution is -0.141. The first kappa shape index (κ1) is 17.1. The maximum absolute atomic E-state index is 10.5. The Kier molecular flexibility index (Phi) is 10.7. The Morgan fingerprint density at radius 3 is 2.39 bits per heavy atom. The molecule has 0 saturated carbocycles. The third-order valence-electron chi connectivity index (χ3n) is 2.65. The van der Waals surface area contributed by atoms with Crippen LogP contribution in [-0.4, -0.2) is 35.0 Å². The smallest absolute Gasteiger partial charge is 0.302 e. The van der Waals surface area contributed by atoms with Gasteiger partial charge in [0.2, 0.25) is 0 Å². The summed E-state index contributed by atoms with van der Waals surface area (Å²) in [5.41, 5.74) is 0. The molecule has 0 aliphatic rings. The zero-order valence-electron chi connectivity index (χ0n) is 11.5. The number of unbranched alkanes of at least 4 members (excludes halogenated alkanes) is 5. The van der Waals surface area contributed by atoms with Crippen LogP contribution in [0.25, 0.3) is 0 Å². The van der Waals surface area contributed by atoms with Crippen molar-refractivity contribution >= 4 is 5.97 Å². The molecule has 0 fully saturated rings. The molecule has 0 saturated heterocycles. The molecule has 4 nitrogen and oxygen atoms in total. The third kappa shape index (κ3) is 11.6. The van der Waals surface area contributed by atoms with E-state index in [1.807, 2.05) is 6.08 Å². The number of hydrogen-bond donors (Lipinski definition) is 2. The van der Waals surface area contributed by atoms with Crippen LogP contribution >= 0.6 is 0 Å². The van der Waals surface area contributed by atoms with E-state index in [0.717, 1.165) is 38.5 Å². The molecule has 0 heterocycles. The lowest BCUT2D eigenvalue weighted by atomic mass is 10.1. The monoisotopic (exact) mass is 258 g/mol. The highest BCUT2D eigenvalue weighted by molar-refractivity contribution is 5.65. The zero-order chi connectivity index (χ0) is 13.8. The second kappa shape index (κ2) is 11.2. The van der Waals surface area contributed by atoms with Gasteiger partial charge in [0.25, 0.3) is 0 Å². The topological polar surface area (TPSA) is 66.8 Å². The molecule has 18 heavy (non-hydrogen) atoms. The predicted octanol–water partition coefficient (Wildman–Crippen LogP) is 2.19. The molecular formula is C14H26O4. The van der Waals surface area contributed by atoms with Gasteiger partial charge in [0.1, 0.15) is 0 Å². The summed E-state index contributed by atoms with van der Waals surface area (Å²) in [4.78, 5) is 10.5. The molecule has 0 unspecified atom stereocenters. The number of ether oxygens (including phenoxy) is 1. The van der Waals surface area contributed by atoms with Gasteiger partial charge in [0.05, 0.1) is 18.8 Å². The van der Waals surface area contributed by atoms with E-state index in [4.69, 9.17) is 9.84 Å². The minimum atomic E-state index is -0.756. The minimum Gasteiger partial charge on any atom is -0.466 e. The molecule has 0 aromatic carbocycles. The molecule has 0 radical (unpaired) electrons. The SMILES string of the molecule is CC(=O)OCCCCCCC/C=C/[C@@H](O)[C@@H](C)O. The number of carbonyl (C=O) groups excluding carboxylic acids is 1. The maximum atomic E-state index is 10.5. The van der Waals surface area contributed by atoms with Crippen LogP contribution in [0.1, 0.15) is 52.4 Å². The molecule has 0 aromatic rings. The van der Waals surface area contributed by atoms with E-state index in [9.17, 15) is 9.90 Å². The molecule has 0 aliphatic carbocycles. The summed E-state index contributed by atoms with van der Waals surface area (Å²) in [6.45, 7) is 3.52. The van der Waals surface area contributed by atoms with Crippen molar-refractivity contribution in [3.05, 3.63) is 12.2 Å². The van der Waals surface area contributed by atoms with Crippen molar-refractivity contribution < 1.29 is 19.7 Å². The van der Waals surface area contributed by atoms with Gasteiger partial charge >= 0.3 is 5.97 Å². The molecule has 0 bridgehead atoms. The van der Waals surface area contributed by atoms with E-state index in [1.165, 1.54) is 6.92 Å². The fourth-order valence-corrected chi connectivity index (χ4v) is 1.51. The molecule has 0 amide bonds. The van der Waals surface area contributed by atoms with Crippen LogP contribution in [0.3, 0.4) is 0 Å². The summed E-state index contributed by atoms with van der Waals surface area (Å²) >= 11 is 0. The van der Waals surface area contributed by atoms with Gasteiger partial charge in [0.15, 0.2) is 0 Å². The molecule has 106 valence electrons. The molecular weight excluding hydrogens is 232 g/mol. The lowest BCUT2D eigenvalue weighted by Gasteiger charge is -2.07. The fraction of sp³-hybridized carbons (Fsp3) is 0.786. The van der Waals surface area contributed by atoms with Crippen molar-refractivity contribution in [1.82, 2.24) is 0 Å². The Morgan fingerprint density at radius 2 is 1.78 bits per heavy atom. The highest BCUT2D eigenvalue weighted by Gasteiger charge is 2.04. The van der Waals surface area contributed by atoms with Crippen LogP contribution in [0.2, 0.25) is 0 Å². The zero-order valence-corrected chi connectivity index (χ0v) is 11.5. The molecule has 2 atom stereocenters. The van der Waals surface area contributed by atoms with Crippen LogP contribution < -0.4 is 0 Å². The van der Waals surface area contributed by atoms with E-state index >= 15 is 0 Å². The Hall–Kier alpha value is -0.870. The summed E-state index contributed by atoms with van der Waals surface area (Å²) in [5.74, 6) is -0.211. The highest BCUT2D eigenvalue weighted by Crippen LogP contribution is 2.06. The highest BCUT2D eigenvalue weighted by atomic mass is 16.5. The Balaban J connectivity index is 3.23. The van der Waals surface area contributed by atoms with Crippen LogP contribution in [0, 0.1) is 0 Å². The first-order chi connectivity index (χ1) is 8.54. The van der Waals surface area contributed by atoms with Gasteiger partial charge in [-0.05, 0) is 26.2 Å². The third-order valence-corrected chi connectivity index (χ3v) is 2.65. The number of rotatable bonds is 10. The number of carbonyl (C=O) groups is 1. The maximum Gasteiger partial charge on any atom is 0.302 e. The van der Waals surface area contributed by atoms with Crippen molar-refractivity contribution in [2.45, 2.75) is 64.6 Å². The van der Waals surface area contributed by atoms with Crippen molar-refractivity contribution in [2.24, 2.45) is 0 Å². The van der Waals surface area contributed by atoms with Crippen molar-refractivity contribution in [3.8, 4) is 0 Å². The van der Waals surface area contributed by atoms with E-state index in [1.54, 1.807) is 13.0 Å². The average molecular weight is 258 g/mol. The Morgan fingerprint density at radius 1 is 1.17 bits per heavy atom. The van der Waals surface area contributed by atoms with E-state index < -0.39 is 12.2 Å². The summed E-state index contributed by atoms with van der Waals surface area (Å²) in [7, 11) is 0. The van der Waals surface area contributed by atoms with E-state index in [2.05, 4.69) is 0 Å². The molecule has 2 N–H and O–H groups in total. The van der Waals surface area contributed by atoms with Gasteiger partial charge in [-0.25, -0.2) is 0 Å². The molecule has 0 rings (SSSR count). The lowest BCUT2D eigenvalue weighted by Crippen LogP contribution is -2.19. The first-order valence-electron chi connectivity index (χ1n) is 6.70. The number of hydrogen-bond acceptors (Lipinski definition) is 4. The fourth-order valence-electron chi connectivity index (χ4n) is 1.51. The minimum absolute atomic E-state index is 0.211. The number of allylic oxidation sites excluding steroid dienone is 1. The Labute approximate surface area is 110 Å². The second-order valence-corrected chi connectivity index (χ2v) is 4.56. The van der Waals surface area contributed by atoms with Crippen LogP contribution in [0.5, 0.6) is 0 Å². The summed E-state index contributed by atoms with van der Waals surface area (Å²) in [6.07, 6.45) is 8.37. The van der Waals surface area contributed by atoms with Gasteiger partial charge in [0, 0.05) is 6.92 Å². The number of esters is 1. The van der Waals surface area contributed by atoms with Crippen molar-refractivity contribution in [2.75, 3.05) is 6.61 Å². The quantitative estimate of drug-likeness (QED) is 0.358. The summed E-state index contributed by atoms with van der Waals surface area (Å²) < 4.78 is 4.83. The molecule has 0 aliphatic heterocycles. The molecule has 4 heteroatoms. The van der Waals surface area contributed by atoms with Gasteiger partial charge < -0.3 is 14.9 Å². The summed E-state index contributed by atoms with van der Waals surface area (Å²) in [5, 5.41) is 18.3. The van der Waals surface area contributed by atoms with Crippen LogP contribution in [0.15, 0.2) is 12.2 Å². The molecule has 0 aromatic heterocycles. The van der Waals surface area contributed by atoms with Gasteiger partial charge in [-0.3, -0.25) is 4.79 Å². The van der Waals surface area contributed by atoms with E-state index in [0.29, 0.717) is 6.61 Å². The van der Waals surface area contributed by atoms with Crippen LogP contribution in [-0.2, 0) is 9.53 Å². The van der Waals surface area contributed by atoms with Crippen molar-refractivity contribution in [3.63, 3.8) is 0 Å². The van der Waals surface area contributed by atoms with E-state index in [-0.39, 0.29) is 5.97 Å². The van der Waals surface area contributed by atoms with Gasteiger partial charge in [-0.2, -0.15) is 0 Å². The number of aliphatic hydroxyl groups is 2. The second-order valence-electron chi connectivity index (χ2n) is 4.56. The van der Waals surface area contributed by atoms with Gasteiger partial charge in [-0.15, -0.1) is 0 Å². The van der Waals surface area contributed by atoms with Gasteiger partial charge in [-0.1, -0.05) is 31.4 Å². The summed E-state index contributed by atoms with van der Waals surface area (Å²) in [6, 6.07) is 0. The normalized spacial score (nSPS) is 14.7. The standard InChI is InChI=1S/C14H26O4/c1-12(15)14(17)10-8-6-4-3-5-7-9-11-18-13(2)16/h8,10,12,14-15,17H,3-7,9,11H2,1-2H3/b10-8+/t12-,14-/m1/s1. The molecule has 0 spiro atoms.